The molecule has 0 saturated carbocycles. The van der Waals surface area contributed by atoms with Gasteiger partial charge < -0.3 is 19.8 Å². The van der Waals surface area contributed by atoms with Gasteiger partial charge >= 0.3 is 5.97 Å². The van der Waals surface area contributed by atoms with Crippen LogP contribution < -0.4 is 5.73 Å². The second kappa shape index (κ2) is 9.36. The van der Waals surface area contributed by atoms with Gasteiger partial charge in [0.2, 0.25) is 10.0 Å². The van der Waals surface area contributed by atoms with E-state index in [1.165, 1.54) is 28.8 Å². The van der Waals surface area contributed by atoms with Crippen molar-refractivity contribution in [3.63, 3.8) is 0 Å². The van der Waals surface area contributed by atoms with Gasteiger partial charge in [0, 0.05) is 19.6 Å². The zero-order valence-corrected chi connectivity index (χ0v) is 18.5. The molecule has 0 aliphatic carbocycles. The number of hydrogen-bond acceptors (Lipinski definition) is 9. The van der Waals surface area contributed by atoms with Gasteiger partial charge in [0.1, 0.15) is 16.7 Å². The number of rotatable bonds is 7. The molecule has 0 spiro atoms. The third kappa shape index (κ3) is 4.53. The van der Waals surface area contributed by atoms with Gasteiger partial charge in [0.25, 0.3) is 0 Å². The molecular formula is C19H21ClN6O5S. The largest absolute Gasteiger partial charge is 0.462 e. The number of nitrogens with two attached hydrogens (primary N) is 1. The molecule has 1 aromatic carbocycles. The number of anilines is 1. The van der Waals surface area contributed by atoms with Crippen molar-refractivity contribution in [2.24, 2.45) is 0 Å². The van der Waals surface area contributed by atoms with Crippen molar-refractivity contribution in [3.8, 4) is 0 Å². The van der Waals surface area contributed by atoms with Crippen LogP contribution in [0.2, 0.25) is 5.02 Å². The van der Waals surface area contributed by atoms with E-state index < -0.39 is 16.0 Å². The molecule has 3 aromatic rings. The predicted octanol–water partition coefficient (Wildman–Crippen LogP) is 1.33. The molecule has 1 saturated heterocycles. The normalized spacial score (nSPS) is 15.2. The van der Waals surface area contributed by atoms with Crippen molar-refractivity contribution >= 4 is 44.6 Å². The molecule has 2 aromatic heterocycles. The van der Waals surface area contributed by atoms with Crippen molar-refractivity contribution in [2.75, 3.05) is 38.6 Å². The van der Waals surface area contributed by atoms with Gasteiger partial charge in [0.15, 0.2) is 11.5 Å². The number of ether oxygens (including phenoxy) is 2. The Labute approximate surface area is 189 Å². The van der Waals surface area contributed by atoms with Gasteiger partial charge in [-0.1, -0.05) is 11.6 Å². The number of halogens is 1. The third-order valence-electron chi connectivity index (χ3n) is 4.96. The summed E-state index contributed by atoms with van der Waals surface area (Å²) in [5, 5.41) is 0.0429. The molecule has 4 rings (SSSR count). The smallest absolute Gasteiger partial charge is 0.338 e. The molecule has 0 bridgehead atoms. The van der Waals surface area contributed by atoms with Crippen LogP contribution in [0.5, 0.6) is 0 Å². The highest BCUT2D eigenvalue weighted by Crippen LogP contribution is 2.27. The Hall–Kier alpha value is -2.80. The molecule has 170 valence electrons. The number of esters is 1. The molecule has 0 atom stereocenters. The van der Waals surface area contributed by atoms with Crippen LogP contribution in [0.25, 0.3) is 11.2 Å². The Kier molecular flexibility index (Phi) is 6.55. The Morgan fingerprint density at radius 3 is 2.78 bits per heavy atom. The number of morpholine rings is 1. The highest BCUT2D eigenvalue weighted by Gasteiger charge is 2.29. The first-order valence-electron chi connectivity index (χ1n) is 9.84. The van der Waals surface area contributed by atoms with E-state index >= 15 is 0 Å². The Morgan fingerprint density at radius 1 is 1.22 bits per heavy atom. The first kappa shape index (κ1) is 22.4. The minimum Gasteiger partial charge on any atom is -0.462 e. The molecule has 32 heavy (non-hydrogen) atoms. The van der Waals surface area contributed by atoms with Crippen molar-refractivity contribution in [3.05, 3.63) is 41.4 Å². The topological polar surface area (TPSA) is 143 Å². The van der Waals surface area contributed by atoms with Crippen LogP contribution in [0.4, 0.5) is 5.82 Å². The zero-order valence-electron chi connectivity index (χ0n) is 17.0. The summed E-state index contributed by atoms with van der Waals surface area (Å²) in [6.07, 6.45) is 3.45. The maximum atomic E-state index is 12.9. The molecule has 1 aliphatic heterocycles. The fourth-order valence-corrected chi connectivity index (χ4v) is 5.21. The fourth-order valence-electron chi connectivity index (χ4n) is 3.30. The van der Waals surface area contributed by atoms with Gasteiger partial charge in [-0.05, 0) is 24.6 Å². The second-order valence-electron chi connectivity index (χ2n) is 7.02. The zero-order chi connectivity index (χ0) is 22.7. The van der Waals surface area contributed by atoms with E-state index in [0.717, 1.165) is 0 Å². The SMILES string of the molecule is Nc1ncnc2c1ncn2CCCOC(=O)c1ccc(Cl)c(S(=O)(=O)N2CCOCC2)c1. The van der Waals surface area contributed by atoms with Crippen LogP contribution in [0, 0.1) is 0 Å². The summed E-state index contributed by atoms with van der Waals surface area (Å²) in [5.41, 5.74) is 6.99. The maximum Gasteiger partial charge on any atom is 0.338 e. The summed E-state index contributed by atoms with van der Waals surface area (Å²) >= 11 is 6.13. The number of nitrogens with zero attached hydrogens (tertiary/aromatic N) is 5. The summed E-state index contributed by atoms with van der Waals surface area (Å²) in [5.74, 6) is -0.340. The minimum atomic E-state index is -3.85. The molecule has 3 heterocycles. The van der Waals surface area contributed by atoms with Crippen molar-refractivity contribution < 1.29 is 22.7 Å². The minimum absolute atomic E-state index is 0.0429. The number of sulfonamides is 1. The fraction of sp³-hybridized carbons (Fsp3) is 0.368. The first-order valence-corrected chi connectivity index (χ1v) is 11.7. The standard InChI is InChI=1S/C19H21ClN6O5S/c20-14-3-2-13(10-15(14)32(28,29)26-5-8-30-9-6-26)19(27)31-7-1-4-25-12-24-16-17(21)22-11-23-18(16)25/h2-3,10-12H,1,4-9H2,(H2,21,22,23). The van der Waals surface area contributed by atoms with Crippen LogP contribution in [-0.2, 0) is 26.0 Å². The van der Waals surface area contributed by atoms with Crippen LogP contribution in [-0.4, -0.2) is 71.1 Å². The number of nitrogen functional groups attached to an aromatic ring is 1. The molecule has 1 fully saturated rings. The number of carbonyl (C=O) groups excluding carboxylic acids is 1. The summed E-state index contributed by atoms with van der Waals surface area (Å²) < 4.78 is 39.4. The van der Waals surface area contributed by atoms with Crippen molar-refractivity contribution in [1.82, 2.24) is 23.8 Å². The summed E-state index contributed by atoms with van der Waals surface area (Å²) in [4.78, 5) is 24.6. The highest BCUT2D eigenvalue weighted by molar-refractivity contribution is 7.89. The Morgan fingerprint density at radius 2 is 2.00 bits per heavy atom. The van der Waals surface area contributed by atoms with Crippen LogP contribution in [0.3, 0.4) is 0 Å². The van der Waals surface area contributed by atoms with Gasteiger partial charge in [-0.3, -0.25) is 0 Å². The van der Waals surface area contributed by atoms with Crippen LogP contribution >= 0.6 is 11.6 Å². The molecule has 13 heteroatoms. The lowest BCUT2D eigenvalue weighted by molar-refractivity contribution is 0.0496. The van der Waals surface area contributed by atoms with E-state index in [2.05, 4.69) is 15.0 Å². The molecule has 11 nitrogen and oxygen atoms in total. The molecular weight excluding hydrogens is 460 g/mol. The number of aryl methyl sites for hydroxylation is 1. The number of benzene rings is 1. The summed E-state index contributed by atoms with van der Waals surface area (Å²) in [6, 6.07) is 4.07. The van der Waals surface area contributed by atoms with Crippen LogP contribution in [0.1, 0.15) is 16.8 Å². The number of hydrogen-bond donors (Lipinski definition) is 1. The molecule has 0 unspecified atom stereocenters. The lowest BCUT2D eigenvalue weighted by Crippen LogP contribution is -2.40. The highest BCUT2D eigenvalue weighted by atomic mass is 35.5. The van der Waals surface area contributed by atoms with Gasteiger partial charge in [-0.15, -0.1) is 0 Å². The van der Waals surface area contributed by atoms with E-state index in [4.69, 9.17) is 26.8 Å². The van der Waals surface area contributed by atoms with Gasteiger partial charge in [-0.25, -0.2) is 28.2 Å². The second-order valence-corrected chi connectivity index (χ2v) is 9.33. The van der Waals surface area contributed by atoms with Crippen LogP contribution in [0.15, 0.2) is 35.7 Å². The lowest BCUT2D eigenvalue weighted by atomic mass is 10.2. The first-order chi connectivity index (χ1) is 15.4. The van der Waals surface area contributed by atoms with Crippen molar-refractivity contribution in [2.45, 2.75) is 17.9 Å². The quantitative estimate of drug-likeness (QED) is 0.391. The number of aromatic nitrogens is 4. The summed E-state index contributed by atoms with van der Waals surface area (Å²) in [6.45, 7) is 1.69. The van der Waals surface area contributed by atoms with E-state index in [9.17, 15) is 13.2 Å². The summed E-state index contributed by atoms with van der Waals surface area (Å²) in [7, 11) is -3.85. The van der Waals surface area contributed by atoms with E-state index in [1.54, 1.807) is 10.9 Å². The predicted molar refractivity (Wildman–Crippen MR) is 116 cm³/mol. The lowest BCUT2D eigenvalue weighted by Gasteiger charge is -2.26. The average molecular weight is 481 g/mol. The van der Waals surface area contributed by atoms with Gasteiger partial charge in [-0.2, -0.15) is 4.31 Å². The number of fused-ring (bicyclic) bond motifs is 1. The van der Waals surface area contributed by atoms with Crippen molar-refractivity contribution in [1.29, 1.82) is 0 Å². The number of carbonyl (C=O) groups is 1. The maximum absolute atomic E-state index is 12.9. The third-order valence-corrected chi connectivity index (χ3v) is 7.34. The Balaban J connectivity index is 1.39. The molecule has 0 radical (unpaired) electrons. The monoisotopic (exact) mass is 480 g/mol. The van der Waals surface area contributed by atoms with E-state index in [-0.39, 0.29) is 35.2 Å². The number of imidazole rings is 1. The molecule has 2 N–H and O–H groups in total. The van der Waals surface area contributed by atoms with E-state index in [0.29, 0.717) is 43.2 Å². The van der Waals surface area contributed by atoms with Gasteiger partial charge in [0.05, 0.1) is 36.7 Å². The average Bonchev–Trinajstić information content (AvgIpc) is 3.22. The molecule has 1 aliphatic rings. The van der Waals surface area contributed by atoms with E-state index in [1.807, 2.05) is 0 Å². The Bertz CT molecular complexity index is 1240. The molecule has 0 amide bonds.